The molecule has 0 heterocycles. The molecule has 2 rings (SSSR count). The fourth-order valence-corrected chi connectivity index (χ4v) is 2.18. The third-order valence-electron chi connectivity index (χ3n) is 3.16. The molecular formula is C18H21FO3. The summed E-state index contributed by atoms with van der Waals surface area (Å²) in [7, 11) is 0. The number of halogens is 1. The van der Waals surface area contributed by atoms with Crippen LogP contribution in [0, 0.1) is 5.82 Å². The second-order valence-electron chi connectivity index (χ2n) is 5.31. The summed E-state index contributed by atoms with van der Waals surface area (Å²) in [6, 6.07) is 14.0. The number of hydrogen-bond acceptors (Lipinski definition) is 3. The molecule has 1 N–H and O–H groups in total. The van der Waals surface area contributed by atoms with Crippen molar-refractivity contribution in [3.05, 3.63) is 65.5 Å². The zero-order chi connectivity index (χ0) is 15.9. The lowest BCUT2D eigenvalue weighted by Crippen LogP contribution is -2.15. The molecule has 1 atom stereocenters. The zero-order valence-corrected chi connectivity index (χ0v) is 12.8. The molecule has 1 unspecified atom stereocenters. The number of rotatable bonds is 7. The SMILES string of the molecule is CC(C)OC(CO)c1cc(F)ccc1OCc1ccccc1. The molecule has 22 heavy (non-hydrogen) atoms. The number of benzene rings is 2. The van der Waals surface area contributed by atoms with Crippen LogP contribution in [-0.4, -0.2) is 17.8 Å². The van der Waals surface area contributed by atoms with E-state index in [1.165, 1.54) is 12.1 Å². The molecule has 2 aromatic rings. The highest BCUT2D eigenvalue weighted by molar-refractivity contribution is 5.36. The summed E-state index contributed by atoms with van der Waals surface area (Å²) >= 11 is 0. The van der Waals surface area contributed by atoms with E-state index >= 15 is 0 Å². The molecule has 0 saturated carbocycles. The Hall–Kier alpha value is -1.91. The van der Waals surface area contributed by atoms with Crippen molar-refractivity contribution >= 4 is 0 Å². The maximum absolute atomic E-state index is 13.6. The summed E-state index contributed by atoms with van der Waals surface area (Å²) in [4.78, 5) is 0. The van der Waals surface area contributed by atoms with Crippen molar-refractivity contribution in [2.75, 3.05) is 6.61 Å². The van der Waals surface area contributed by atoms with Crippen LogP contribution in [0.4, 0.5) is 4.39 Å². The predicted molar refractivity (Wildman–Crippen MR) is 83.2 cm³/mol. The van der Waals surface area contributed by atoms with Gasteiger partial charge in [0, 0.05) is 5.56 Å². The summed E-state index contributed by atoms with van der Waals surface area (Å²) in [5.74, 6) is 0.137. The van der Waals surface area contributed by atoms with Crippen molar-refractivity contribution in [3.8, 4) is 5.75 Å². The van der Waals surface area contributed by atoms with Crippen LogP contribution in [0.3, 0.4) is 0 Å². The highest BCUT2D eigenvalue weighted by Crippen LogP contribution is 2.30. The fourth-order valence-electron chi connectivity index (χ4n) is 2.18. The Labute approximate surface area is 130 Å². The number of hydrogen-bond donors (Lipinski definition) is 1. The maximum atomic E-state index is 13.6. The molecule has 0 aliphatic heterocycles. The quantitative estimate of drug-likeness (QED) is 0.844. The van der Waals surface area contributed by atoms with Gasteiger partial charge in [0.15, 0.2) is 0 Å². The lowest BCUT2D eigenvalue weighted by atomic mass is 10.1. The summed E-state index contributed by atoms with van der Waals surface area (Å²) in [6.07, 6.45) is -0.691. The highest BCUT2D eigenvalue weighted by atomic mass is 19.1. The van der Waals surface area contributed by atoms with Gasteiger partial charge in [-0.05, 0) is 37.6 Å². The highest BCUT2D eigenvalue weighted by Gasteiger charge is 2.18. The second-order valence-corrected chi connectivity index (χ2v) is 5.31. The second kappa shape index (κ2) is 7.92. The first-order valence-electron chi connectivity index (χ1n) is 7.32. The summed E-state index contributed by atoms with van der Waals surface area (Å²) in [5.41, 5.74) is 1.54. The number of aliphatic hydroxyl groups is 1. The van der Waals surface area contributed by atoms with E-state index in [1.807, 2.05) is 44.2 Å². The van der Waals surface area contributed by atoms with Gasteiger partial charge in [0.2, 0.25) is 0 Å². The van der Waals surface area contributed by atoms with Gasteiger partial charge in [0.25, 0.3) is 0 Å². The molecule has 4 heteroatoms. The fraction of sp³-hybridized carbons (Fsp3) is 0.333. The molecular weight excluding hydrogens is 283 g/mol. The minimum Gasteiger partial charge on any atom is -0.489 e. The van der Waals surface area contributed by atoms with Gasteiger partial charge in [-0.15, -0.1) is 0 Å². The first-order valence-corrected chi connectivity index (χ1v) is 7.32. The molecule has 0 fully saturated rings. The van der Waals surface area contributed by atoms with E-state index in [2.05, 4.69) is 0 Å². The number of ether oxygens (including phenoxy) is 2. The summed E-state index contributed by atoms with van der Waals surface area (Å²) < 4.78 is 25.0. The van der Waals surface area contributed by atoms with Crippen molar-refractivity contribution < 1.29 is 19.0 Å². The molecule has 0 aliphatic carbocycles. The Morgan fingerprint density at radius 3 is 2.45 bits per heavy atom. The van der Waals surface area contributed by atoms with Crippen molar-refractivity contribution in [3.63, 3.8) is 0 Å². The Kier molecular flexibility index (Phi) is 5.92. The Bertz CT molecular complexity index is 584. The van der Waals surface area contributed by atoms with Crippen LogP contribution < -0.4 is 4.74 Å². The summed E-state index contributed by atoms with van der Waals surface area (Å²) in [5, 5.41) is 9.53. The minimum atomic E-state index is -0.610. The van der Waals surface area contributed by atoms with Gasteiger partial charge in [-0.2, -0.15) is 0 Å². The van der Waals surface area contributed by atoms with Gasteiger partial charge in [0.05, 0.1) is 12.7 Å². The molecule has 0 radical (unpaired) electrons. The molecule has 0 saturated heterocycles. The predicted octanol–water partition coefficient (Wildman–Crippen LogP) is 3.86. The van der Waals surface area contributed by atoms with E-state index in [1.54, 1.807) is 6.07 Å². The van der Waals surface area contributed by atoms with E-state index in [0.717, 1.165) is 5.56 Å². The van der Waals surface area contributed by atoms with E-state index in [4.69, 9.17) is 9.47 Å². The lowest BCUT2D eigenvalue weighted by Gasteiger charge is -2.21. The van der Waals surface area contributed by atoms with Crippen LogP contribution in [0.15, 0.2) is 48.5 Å². The third-order valence-corrected chi connectivity index (χ3v) is 3.16. The van der Waals surface area contributed by atoms with E-state index in [-0.39, 0.29) is 18.5 Å². The van der Waals surface area contributed by atoms with Crippen LogP contribution in [0.1, 0.15) is 31.1 Å². The van der Waals surface area contributed by atoms with Crippen molar-refractivity contribution in [1.82, 2.24) is 0 Å². The van der Waals surface area contributed by atoms with Gasteiger partial charge in [-0.3, -0.25) is 0 Å². The van der Waals surface area contributed by atoms with Crippen LogP contribution in [0.2, 0.25) is 0 Å². The van der Waals surface area contributed by atoms with E-state index < -0.39 is 6.10 Å². The third kappa shape index (κ3) is 4.55. The summed E-state index contributed by atoms with van der Waals surface area (Å²) in [6.45, 7) is 3.88. The monoisotopic (exact) mass is 304 g/mol. The molecule has 3 nitrogen and oxygen atoms in total. The molecule has 0 aliphatic rings. The minimum absolute atomic E-state index is 0.0811. The normalized spacial score (nSPS) is 12.4. The maximum Gasteiger partial charge on any atom is 0.125 e. The molecule has 0 bridgehead atoms. The van der Waals surface area contributed by atoms with Crippen molar-refractivity contribution in [2.24, 2.45) is 0 Å². The van der Waals surface area contributed by atoms with Crippen LogP contribution in [0.5, 0.6) is 5.75 Å². The van der Waals surface area contributed by atoms with Gasteiger partial charge in [-0.25, -0.2) is 4.39 Å². The first-order chi connectivity index (χ1) is 10.6. The van der Waals surface area contributed by atoms with Gasteiger partial charge >= 0.3 is 0 Å². The molecule has 0 spiro atoms. The first kappa shape index (κ1) is 16.5. The molecule has 0 amide bonds. The molecule has 118 valence electrons. The molecule has 0 aromatic heterocycles. The van der Waals surface area contributed by atoms with Gasteiger partial charge in [0.1, 0.15) is 24.3 Å². The standard InChI is InChI=1S/C18H21FO3/c1-13(2)22-18(11-20)16-10-15(19)8-9-17(16)21-12-14-6-4-3-5-7-14/h3-10,13,18,20H,11-12H2,1-2H3. The Balaban J connectivity index is 2.19. The van der Waals surface area contributed by atoms with Crippen molar-refractivity contribution in [1.29, 1.82) is 0 Å². The lowest BCUT2D eigenvalue weighted by molar-refractivity contribution is -0.0262. The van der Waals surface area contributed by atoms with E-state index in [9.17, 15) is 9.50 Å². The Morgan fingerprint density at radius 2 is 1.82 bits per heavy atom. The average molecular weight is 304 g/mol. The van der Waals surface area contributed by atoms with Crippen molar-refractivity contribution in [2.45, 2.75) is 32.7 Å². The number of aliphatic hydroxyl groups excluding tert-OH is 1. The van der Waals surface area contributed by atoms with Gasteiger partial charge in [-0.1, -0.05) is 30.3 Å². The van der Waals surface area contributed by atoms with Gasteiger partial charge < -0.3 is 14.6 Å². The van der Waals surface area contributed by atoms with E-state index in [0.29, 0.717) is 17.9 Å². The zero-order valence-electron chi connectivity index (χ0n) is 12.8. The average Bonchev–Trinajstić information content (AvgIpc) is 2.52. The van der Waals surface area contributed by atoms with Crippen LogP contribution >= 0.6 is 0 Å². The topological polar surface area (TPSA) is 38.7 Å². The Morgan fingerprint density at radius 1 is 1.09 bits per heavy atom. The van der Waals surface area contributed by atoms with Crippen LogP contribution in [0.25, 0.3) is 0 Å². The largest absolute Gasteiger partial charge is 0.489 e. The molecule has 2 aromatic carbocycles. The smallest absolute Gasteiger partial charge is 0.125 e. The van der Waals surface area contributed by atoms with Crippen LogP contribution in [-0.2, 0) is 11.3 Å².